The van der Waals surface area contributed by atoms with E-state index in [9.17, 15) is 0 Å². The maximum atomic E-state index is 5.43. The van der Waals surface area contributed by atoms with Crippen LogP contribution in [0.1, 0.15) is 33.6 Å². The molecule has 2 nitrogen and oxygen atoms in total. The van der Waals surface area contributed by atoms with Crippen LogP contribution in [0.25, 0.3) is 0 Å². The number of rotatable bonds is 5. The van der Waals surface area contributed by atoms with E-state index in [2.05, 4.69) is 19.2 Å². The first-order valence-electron chi connectivity index (χ1n) is 5.07. The third-order valence-corrected chi connectivity index (χ3v) is 2.52. The van der Waals surface area contributed by atoms with E-state index in [4.69, 9.17) is 4.74 Å². The van der Waals surface area contributed by atoms with Crippen molar-refractivity contribution in [2.75, 3.05) is 13.2 Å². The van der Waals surface area contributed by atoms with Gasteiger partial charge in [0.05, 0.1) is 6.10 Å². The Morgan fingerprint density at radius 2 is 2.17 bits per heavy atom. The van der Waals surface area contributed by atoms with Crippen molar-refractivity contribution in [3.8, 4) is 0 Å². The molecule has 0 saturated heterocycles. The van der Waals surface area contributed by atoms with Gasteiger partial charge < -0.3 is 10.1 Å². The molecule has 0 aromatic carbocycles. The molecule has 1 N–H and O–H groups in total. The van der Waals surface area contributed by atoms with Gasteiger partial charge in [-0.2, -0.15) is 0 Å². The number of hydrogen-bond acceptors (Lipinski definition) is 2. The Hall–Kier alpha value is -0.0800. The van der Waals surface area contributed by atoms with Crippen molar-refractivity contribution in [3.63, 3.8) is 0 Å². The van der Waals surface area contributed by atoms with Crippen molar-refractivity contribution in [2.24, 2.45) is 5.92 Å². The number of hydrogen-bond donors (Lipinski definition) is 1. The fourth-order valence-electron chi connectivity index (χ4n) is 1.75. The van der Waals surface area contributed by atoms with Gasteiger partial charge >= 0.3 is 0 Å². The van der Waals surface area contributed by atoms with Gasteiger partial charge in [-0.25, -0.2) is 0 Å². The van der Waals surface area contributed by atoms with E-state index >= 15 is 0 Å². The van der Waals surface area contributed by atoms with Gasteiger partial charge in [-0.15, -0.1) is 0 Å². The van der Waals surface area contributed by atoms with Gasteiger partial charge in [-0.05, 0) is 32.6 Å². The van der Waals surface area contributed by atoms with E-state index < -0.39 is 0 Å². The monoisotopic (exact) mass is 171 g/mol. The molecule has 0 aromatic rings. The zero-order valence-corrected chi connectivity index (χ0v) is 8.47. The summed E-state index contributed by atoms with van der Waals surface area (Å²) >= 11 is 0. The van der Waals surface area contributed by atoms with Crippen LogP contribution in [0.4, 0.5) is 0 Å². The minimum atomic E-state index is 0.367. The Bertz CT molecular complexity index is 116. The molecule has 2 heteroatoms. The molecule has 1 atom stereocenters. The lowest BCUT2D eigenvalue weighted by molar-refractivity contribution is 0.0686. The van der Waals surface area contributed by atoms with Gasteiger partial charge in [0.15, 0.2) is 0 Å². The molecule has 0 bridgehead atoms. The van der Waals surface area contributed by atoms with Gasteiger partial charge in [0.1, 0.15) is 0 Å². The standard InChI is InChI=1S/C10H21NO/c1-4-12-9(3)7-11-10-5-8(2)6-10/h8-11H,4-7H2,1-3H3. The summed E-state index contributed by atoms with van der Waals surface area (Å²) in [5.74, 6) is 0.935. The predicted octanol–water partition coefficient (Wildman–Crippen LogP) is 1.80. The third kappa shape index (κ3) is 3.11. The average molecular weight is 171 g/mol. The lowest BCUT2D eigenvalue weighted by Crippen LogP contribution is -2.43. The van der Waals surface area contributed by atoms with Crippen LogP contribution in [-0.4, -0.2) is 25.3 Å². The molecule has 0 amide bonds. The Labute approximate surface area is 75.7 Å². The highest BCUT2D eigenvalue weighted by molar-refractivity contribution is 4.82. The summed E-state index contributed by atoms with van der Waals surface area (Å²) < 4.78 is 5.43. The summed E-state index contributed by atoms with van der Waals surface area (Å²) in [4.78, 5) is 0. The number of nitrogens with one attached hydrogen (secondary N) is 1. The van der Waals surface area contributed by atoms with Gasteiger partial charge in [0.2, 0.25) is 0 Å². The molecule has 0 spiro atoms. The largest absolute Gasteiger partial charge is 0.377 e. The van der Waals surface area contributed by atoms with Gasteiger partial charge in [0, 0.05) is 19.2 Å². The molecule has 72 valence electrons. The van der Waals surface area contributed by atoms with Crippen molar-refractivity contribution in [1.29, 1.82) is 0 Å². The fraction of sp³-hybridized carbons (Fsp3) is 1.00. The molecule has 1 aliphatic carbocycles. The normalized spacial score (nSPS) is 31.2. The summed E-state index contributed by atoms with van der Waals surface area (Å²) in [7, 11) is 0. The van der Waals surface area contributed by atoms with E-state index in [1.807, 2.05) is 6.92 Å². The zero-order valence-electron chi connectivity index (χ0n) is 8.47. The molecular weight excluding hydrogens is 150 g/mol. The SMILES string of the molecule is CCOC(C)CNC1CC(C)C1. The number of ether oxygens (including phenoxy) is 1. The summed E-state index contributed by atoms with van der Waals surface area (Å²) in [5.41, 5.74) is 0. The maximum Gasteiger partial charge on any atom is 0.0671 e. The molecule has 1 saturated carbocycles. The summed E-state index contributed by atoms with van der Waals surface area (Å²) in [6.07, 6.45) is 3.06. The van der Waals surface area contributed by atoms with E-state index in [1.165, 1.54) is 12.8 Å². The molecule has 1 unspecified atom stereocenters. The van der Waals surface area contributed by atoms with Crippen molar-refractivity contribution >= 4 is 0 Å². The minimum absolute atomic E-state index is 0.367. The van der Waals surface area contributed by atoms with Crippen molar-refractivity contribution in [1.82, 2.24) is 5.32 Å². The molecule has 1 rings (SSSR count). The third-order valence-electron chi connectivity index (χ3n) is 2.52. The van der Waals surface area contributed by atoms with Crippen LogP contribution in [-0.2, 0) is 4.74 Å². The van der Waals surface area contributed by atoms with E-state index in [1.54, 1.807) is 0 Å². The summed E-state index contributed by atoms with van der Waals surface area (Å²) in [5, 5.41) is 3.51. The molecule has 1 aliphatic rings. The Balaban J connectivity index is 1.95. The molecule has 0 aromatic heterocycles. The highest BCUT2D eigenvalue weighted by Gasteiger charge is 2.24. The first-order chi connectivity index (χ1) is 5.72. The Kier molecular flexibility index (Phi) is 4.02. The molecular formula is C10H21NO. The lowest BCUT2D eigenvalue weighted by atomic mass is 9.82. The van der Waals surface area contributed by atoms with Crippen molar-refractivity contribution < 1.29 is 4.74 Å². The van der Waals surface area contributed by atoms with E-state index in [-0.39, 0.29) is 0 Å². The van der Waals surface area contributed by atoms with Crippen LogP contribution in [0, 0.1) is 5.92 Å². The quantitative estimate of drug-likeness (QED) is 0.681. The Morgan fingerprint density at radius 1 is 1.50 bits per heavy atom. The first-order valence-corrected chi connectivity index (χ1v) is 5.07. The van der Waals surface area contributed by atoms with Gasteiger partial charge in [0.25, 0.3) is 0 Å². The van der Waals surface area contributed by atoms with Crippen LogP contribution in [0.15, 0.2) is 0 Å². The van der Waals surface area contributed by atoms with Crippen LogP contribution in [0.5, 0.6) is 0 Å². The van der Waals surface area contributed by atoms with Gasteiger partial charge in [-0.1, -0.05) is 6.92 Å². The molecule has 12 heavy (non-hydrogen) atoms. The average Bonchev–Trinajstić information content (AvgIpc) is 1.96. The fourth-order valence-corrected chi connectivity index (χ4v) is 1.75. The van der Waals surface area contributed by atoms with Crippen LogP contribution >= 0.6 is 0 Å². The topological polar surface area (TPSA) is 21.3 Å². The molecule has 0 aliphatic heterocycles. The molecule has 1 fully saturated rings. The zero-order chi connectivity index (χ0) is 8.97. The molecule has 0 heterocycles. The first kappa shape index (κ1) is 10.0. The predicted molar refractivity (Wildman–Crippen MR) is 51.3 cm³/mol. The molecule has 0 radical (unpaired) electrons. The van der Waals surface area contributed by atoms with Gasteiger partial charge in [-0.3, -0.25) is 0 Å². The summed E-state index contributed by atoms with van der Waals surface area (Å²) in [6.45, 7) is 8.31. The van der Waals surface area contributed by atoms with Crippen molar-refractivity contribution in [3.05, 3.63) is 0 Å². The van der Waals surface area contributed by atoms with Crippen LogP contribution < -0.4 is 5.32 Å². The highest BCUT2D eigenvalue weighted by atomic mass is 16.5. The maximum absolute atomic E-state index is 5.43. The summed E-state index contributed by atoms with van der Waals surface area (Å²) in [6, 6.07) is 0.767. The van der Waals surface area contributed by atoms with E-state index in [0.717, 1.165) is 25.1 Å². The highest BCUT2D eigenvalue weighted by Crippen LogP contribution is 2.25. The smallest absolute Gasteiger partial charge is 0.0671 e. The van der Waals surface area contributed by atoms with E-state index in [0.29, 0.717) is 6.10 Å². The minimum Gasteiger partial charge on any atom is -0.377 e. The second-order valence-electron chi connectivity index (χ2n) is 3.95. The van der Waals surface area contributed by atoms with Crippen LogP contribution in [0.3, 0.4) is 0 Å². The van der Waals surface area contributed by atoms with Crippen molar-refractivity contribution in [2.45, 2.75) is 45.8 Å². The lowest BCUT2D eigenvalue weighted by Gasteiger charge is -2.34. The second kappa shape index (κ2) is 4.83. The second-order valence-corrected chi connectivity index (χ2v) is 3.95. The van der Waals surface area contributed by atoms with Crippen LogP contribution in [0.2, 0.25) is 0 Å². The Morgan fingerprint density at radius 3 is 2.67 bits per heavy atom.